The van der Waals surface area contributed by atoms with Gasteiger partial charge < -0.3 is 14.8 Å². The van der Waals surface area contributed by atoms with Crippen LogP contribution in [0.1, 0.15) is 39.3 Å². The Balaban J connectivity index is 2.02. The van der Waals surface area contributed by atoms with Gasteiger partial charge in [0.25, 0.3) is 0 Å². The van der Waals surface area contributed by atoms with Gasteiger partial charge in [-0.2, -0.15) is 0 Å². The number of ether oxygens (including phenoxy) is 2. The van der Waals surface area contributed by atoms with Crippen molar-refractivity contribution in [3.05, 3.63) is 54.4 Å². The molecule has 1 N–H and O–H groups in total. The summed E-state index contributed by atoms with van der Waals surface area (Å²) in [6.07, 6.45) is 2.91. The summed E-state index contributed by atoms with van der Waals surface area (Å²) in [5, 5.41) is 2.82. The first kappa shape index (κ1) is 16.8. The Morgan fingerprint density at radius 1 is 1.13 bits per heavy atom. The Hall–Kier alpha value is -2.56. The SMILES string of the molecule is C[C@H](NC(=O)OC(C)(C)C)c1cccc(Oc2ccncc2)c1. The summed E-state index contributed by atoms with van der Waals surface area (Å²) >= 11 is 0. The quantitative estimate of drug-likeness (QED) is 0.905. The second-order valence-electron chi connectivity index (χ2n) is 6.23. The maximum atomic E-state index is 11.8. The molecule has 0 fully saturated rings. The fourth-order valence-electron chi connectivity index (χ4n) is 1.96. The van der Waals surface area contributed by atoms with E-state index in [9.17, 15) is 4.79 Å². The summed E-state index contributed by atoms with van der Waals surface area (Å²) in [6.45, 7) is 7.40. The van der Waals surface area contributed by atoms with E-state index in [2.05, 4.69) is 10.3 Å². The molecule has 0 spiro atoms. The van der Waals surface area contributed by atoms with Crippen molar-refractivity contribution in [2.75, 3.05) is 0 Å². The molecule has 0 aliphatic carbocycles. The molecule has 0 aliphatic rings. The molecule has 1 heterocycles. The molecule has 0 radical (unpaired) electrons. The summed E-state index contributed by atoms with van der Waals surface area (Å²) in [6, 6.07) is 11.0. The van der Waals surface area contributed by atoms with Gasteiger partial charge in [0.2, 0.25) is 0 Å². The third kappa shape index (κ3) is 5.62. The van der Waals surface area contributed by atoms with Crippen molar-refractivity contribution < 1.29 is 14.3 Å². The fourth-order valence-corrected chi connectivity index (χ4v) is 1.96. The highest BCUT2D eigenvalue weighted by Crippen LogP contribution is 2.24. The predicted molar refractivity (Wildman–Crippen MR) is 88.5 cm³/mol. The minimum Gasteiger partial charge on any atom is -0.457 e. The van der Waals surface area contributed by atoms with Gasteiger partial charge in [-0.05, 0) is 57.5 Å². The van der Waals surface area contributed by atoms with E-state index in [0.29, 0.717) is 11.5 Å². The molecule has 0 saturated carbocycles. The first-order valence-corrected chi connectivity index (χ1v) is 7.51. The van der Waals surface area contributed by atoms with Gasteiger partial charge >= 0.3 is 6.09 Å². The van der Waals surface area contributed by atoms with E-state index in [1.807, 2.05) is 52.0 Å². The number of alkyl carbamates (subject to hydrolysis) is 1. The van der Waals surface area contributed by atoms with Crippen molar-refractivity contribution in [1.82, 2.24) is 10.3 Å². The van der Waals surface area contributed by atoms with Crippen molar-refractivity contribution in [1.29, 1.82) is 0 Å². The molecule has 2 aromatic rings. The standard InChI is InChI=1S/C18H22N2O3/c1-13(20-17(21)23-18(2,3)4)14-6-5-7-16(12-14)22-15-8-10-19-11-9-15/h5-13H,1-4H3,(H,20,21)/t13-/m0/s1. The number of hydrogen-bond donors (Lipinski definition) is 1. The van der Waals surface area contributed by atoms with Gasteiger partial charge in [-0.15, -0.1) is 0 Å². The van der Waals surface area contributed by atoms with E-state index in [0.717, 1.165) is 5.56 Å². The zero-order valence-electron chi connectivity index (χ0n) is 13.9. The molecule has 1 aromatic heterocycles. The summed E-state index contributed by atoms with van der Waals surface area (Å²) in [4.78, 5) is 15.8. The van der Waals surface area contributed by atoms with E-state index >= 15 is 0 Å². The van der Waals surface area contributed by atoms with Gasteiger partial charge in [0, 0.05) is 12.4 Å². The normalized spacial score (nSPS) is 12.3. The van der Waals surface area contributed by atoms with Crippen molar-refractivity contribution in [2.45, 2.75) is 39.3 Å². The van der Waals surface area contributed by atoms with Gasteiger partial charge in [-0.1, -0.05) is 12.1 Å². The Morgan fingerprint density at radius 2 is 1.83 bits per heavy atom. The van der Waals surface area contributed by atoms with Crippen LogP contribution in [0.2, 0.25) is 0 Å². The average Bonchev–Trinajstić information content (AvgIpc) is 2.46. The van der Waals surface area contributed by atoms with E-state index in [1.54, 1.807) is 24.5 Å². The second kappa shape index (κ2) is 7.13. The monoisotopic (exact) mass is 314 g/mol. The highest BCUT2D eigenvalue weighted by Gasteiger charge is 2.18. The van der Waals surface area contributed by atoms with Crippen LogP contribution in [-0.4, -0.2) is 16.7 Å². The number of pyridine rings is 1. The molecule has 5 nitrogen and oxygen atoms in total. The molecule has 0 saturated heterocycles. The first-order valence-electron chi connectivity index (χ1n) is 7.51. The molecule has 0 unspecified atom stereocenters. The Kier molecular flexibility index (Phi) is 5.21. The van der Waals surface area contributed by atoms with Gasteiger partial charge in [0.05, 0.1) is 6.04 Å². The lowest BCUT2D eigenvalue weighted by Crippen LogP contribution is -2.34. The zero-order chi connectivity index (χ0) is 16.9. The number of carbonyl (C=O) groups excluding carboxylic acids is 1. The van der Waals surface area contributed by atoms with Crippen molar-refractivity contribution in [2.24, 2.45) is 0 Å². The predicted octanol–water partition coefficient (Wildman–Crippen LogP) is 4.46. The number of benzene rings is 1. The van der Waals surface area contributed by atoms with Gasteiger partial charge in [0.15, 0.2) is 0 Å². The highest BCUT2D eigenvalue weighted by atomic mass is 16.6. The van der Waals surface area contributed by atoms with Gasteiger partial charge in [-0.25, -0.2) is 4.79 Å². The molecule has 0 bridgehead atoms. The smallest absolute Gasteiger partial charge is 0.408 e. The summed E-state index contributed by atoms with van der Waals surface area (Å²) in [7, 11) is 0. The Bertz CT molecular complexity index is 651. The average molecular weight is 314 g/mol. The summed E-state index contributed by atoms with van der Waals surface area (Å²) in [5.74, 6) is 1.41. The largest absolute Gasteiger partial charge is 0.457 e. The number of hydrogen-bond acceptors (Lipinski definition) is 4. The van der Waals surface area contributed by atoms with Crippen LogP contribution in [0.4, 0.5) is 4.79 Å². The second-order valence-corrected chi connectivity index (χ2v) is 6.23. The lowest BCUT2D eigenvalue weighted by Gasteiger charge is -2.22. The summed E-state index contributed by atoms with van der Waals surface area (Å²) in [5.41, 5.74) is 0.415. The first-order chi connectivity index (χ1) is 10.8. The molecular formula is C18H22N2O3. The van der Waals surface area contributed by atoms with Crippen molar-refractivity contribution in [3.8, 4) is 11.5 Å². The third-order valence-electron chi connectivity index (χ3n) is 2.98. The van der Waals surface area contributed by atoms with Crippen molar-refractivity contribution >= 4 is 6.09 Å². The van der Waals surface area contributed by atoms with Crippen molar-refractivity contribution in [3.63, 3.8) is 0 Å². The van der Waals surface area contributed by atoms with Gasteiger partial charge in [0.1, 0.15) is 17.1 Å². The van der Waals surface area contributed by atoms with Crippen LogP contribution in [0.5, 0.6) is 11.5 Å². The number of aromatic nitrogens is 1. The minimum atomic E-state index is -0.518. The van der Waals surface area contributed by atoms with Gasteiger partial charge in [-0.3, -0.25) is 4.98 Å². The Morgan fingerprint density at radius 3 is 2.48 bits per heavy atom. The highest BCUT2D eigenvalue weighted by molar-refractivity contribution is 5.68. The van der Waals surface area contributed by atoms with Crippen LogP contribution in [0.3, 0.4) is 0 Å². The molecule has 0 aliphatic heterocycles. The third-order valence-corrected chi connectivity index (χ3v) is 2.98. The van der Waals surface area contributed by atoms with E-state index < -0.39 is 11.7 Å². The number of nitrogens with one attached hydrogen (secondary N) is 1. The van der Waals surface area contributed by atoms with E-state index in [-0.39, 0.29) is 6.04 Å². The molecule has 2 rings (SSSR count). The van der Waals surface area contributed by atoms with Crippen LogP contribution in [0.15, 0.2) is 48.8 Å². The maximum Gasteiger partial charge on any atom is 0.408 e. The van der Waals surface area contributed by atoms with Crippen LogP contribution >= 0.6 is 0 Å². The number of rotatable bonds is 4. The van der Waals surface area contributed by atoms with E-state index in [1.165, 1.54) is 0 Å². The van der Waals surface area contributed by atoms with Crippen LogP contribution < -0.4 is 10.1 Å². The molecule has 1 atom stereocenters. The minimum absolute atomic E-state index is 0.189. The molecule has 5 heteroatoms. The van der Waals surface area contributed by atoms with Crippen LogP contribution in [0.25, 0.3) is 0 Å². The number of nitrogens with zero attached hydrogens (tertiary/aromatic N) is 1. The number of carbonyl (C=O) groups is 1. The Labute approximate surface area is 136 Å². The van der Waals surface area contributed by atoms with Crippen LogP contribution in [-0.2, 0) is 4.74 Å². The lowest BCUT2D eigenvalue weighted by atomic mass is 10.1. The van der Waals surface area contributed by atoms with Crippen LogP contribution in [0, 0.1) is 0 Å². The molecule has 1 amide bonds. The topological polar surface area (TPSA) is 60.5 Å². The number of amides is 1. The molecular weight excluding hydrogens is 292 g/mol. The molecule has 1 aromatic carbocycles. The maximum absolute atomic E-state index is 11.8. The molecule has 23 heavy (non-hydrogen) atoms. The van der Waals surface area contributed by atoms with E-state index in [4.69, 9.17) is 9.47 Å². The summed E-state index contributed by atoms with van der Waals surface area (Å²) < 4.78 is 11.0. The fraction of sp³-hybridized carbons (Fsp3) is 0.333. The molecule has 122 valence electrons. The zero-order valence-corrected chi connectivity index (χ0v) is 13.9. The lowest BCUT2D eigenvalue weighted by molar-refractivity contribution is 0.0508.